The minimum Gasteiger partial charge on any atom is -0.454 e. The summed E-state index contributed by atoms with van der Waals surface area (Å²) in [5, 5.41) is 12.0. The standard InChI is InChI=1S/C21H20N4O4S/c1-3-25-20(15-7-8-17-18(10-15)29-12-28-17)23-24-21(25)30-11-19(27)22-16-6-4-5-14(9-16)13(2)26/h4-10H,3,11-12H2,1-2H3,(H,22,27). The molecule has 1 N–H and O–H groups in total. The number of amides is 1. The van der Waals surface area contributed by atoms with Gasteiger partial charge in [-0.3, -0.25) is 9.59 Å². The van der Waals surface area contributed by atoms with E-state index in [-0.39, 0.29) is 24.2 Å². The van der Waals surface area contributed by atoms with Crippen molar-refractivity contribution in [2.75, 3.05) is 17.9 Å². The largest absolute Gasteiger partial charge is 0.454 e. The van der Waals surface area contributed by atoms with E-state index in [0.29, 0.717) is 40.3 Å². The van der Waals surface area contributed by atoms with Crippen LogP contribution in [0.15, 0.2) is 47.6 Å². The monoisotopic (exact) mass is 424 g/mol. The van der Waals surface area contributed by atoms with E-state index in [0.717, 1.165) is 5.56 Å². The lowest BCUT2D eigenvalue weighted by atomic mass is 10.1. The van der Waals surface area contributed by atoms with E-state index < -0.39 is 0 Å². The highest BCUT2D eigenvalue weighted by Crippen LogP contribution is 2.36. The van der Waals surface area contributed by atoms with Gasteiger partial charge in [-0.05, 0) is 44.2 Å². The Hall–Kier alpha value is -3.33. The Morgan fingerprint density at radius 1 is 1.13 bits per heavy atom. The summed E-state index contributed by atoms with van der Waals surface area (Å²) >= 11 is 1.30. The molecule has 2 heterocycles. The molecule has 0 atom stereocenters. The number of carbonyl (C=O) groups is 2. The first-order chi connectivity index (χ1) is 14.5. The third-order valence-corrected chi connectivity index (χ3v) is 5.52. The number of hydrogen-bond donors (Lipinski definition) is 1. The van der Waals surface area contributed by atoms with E-state index >= 15 is 0 Å². The third-order valence-electron chi connectivity index (χ3n) is 4.55. The zero-order valence-electron chi connectivity index (χ0n) is 16.5. The highest BCUT2D eigenvalue weighted by Gasteiger charge is 2.19. The molecule has 0 fully saturated rings. The van der Waals surface area contributed by atoms with Crippen LogP contribution in [-0.4, -0.2) is 39.0 Å². The molecule has 4 rings (SSSR count). The Morgan fingerprint density at radius 2 is 1.97 bits per heavy atom. The van der Waals surface area contributed by atoms with Crippen LogP contribution in [0.3, 0.4) is 0 Å². The maximum Gasteiger partial charge on any atom is 0.234 e. The number of hydrogen-bond acceptors (Lipinski definition) is 7. The van der Waals surface area contributed by atoms with Gasteiger partial charge in [0, 0.05) is 23.4 Å². The fraction of sp³-hybridized carbons (Fsp3) is 0.238. The van der Waals surface area contributed by atoms with E-state index in [1.165, 1.54) is 18.7 Å². The van der Waals surface area contributed by atoms with Crippen LogP contribution in [0, 0.1) is 0 Å². The average molecular weight is 424 g/mol. The van der Waals surface area contributed by atoms with Gasteiger partial charge in [0.2, 0.25) is 12.7 Å². The number of ether oxygens (including phenoxy) is 2. The minimum atomic E-state index is -0.184. The second-order valence-electron chi connectivity index (χ2n) is 6.59. The van der Waals surface area contributed by atoms with E-state index in [4.69, 9.17) is 9.47 Å². The SMILES string of the molecule is CCn1c(SCC(=O)Nc2cccc(C(C)=O)c2)nnc1-c1ccc2c(c1)OCO2. The fourth-order valence-electron chi connectivity index (χ4n) is 3.07. The van der Waals surface area contributed by atoms with Gasteiger partial charge in [0.1, 0.15) is 0 Å². The molecule has 1 aliphatic heterocycles. The van der Waals surface area contributed by atoms with Crippen LogP contribution in [0.4, 0.5) is 5.69 Å². The first-order valence-corrected chi connectivity index (χ1v) is 10.4. The van der Waals surface area contributed by atoms with E-state index in [1.807, 2.05) is 29.7 Å². The molecule has 154 valence electrons. The lowest BCUT2D eigenvalue weighted by Gasteiger charge is -2.09. The molecule has 1 amide bonds. The highest BCUT2D eigenvalue weighted by molar-refractivity contribution is 7.99. The zero-order chi connectivity index (χ0) is 21.1. The number of carbonyl (C=O) groups excluding carboxylic acids is 2. The lowest BCUT2D eigenvalue weighted by molar-refractivity contribution is -0.113. The van der Waals surface area contributed by atoms with Crippen molar-refractivity contribution in [3.63, 3.8) is 0 Å². The number of thioether (sulfide) groups is 1. The number of Topliss-reactive ketones (excluding diaryl/α,β-unsaturated/α-hetero) is 1. The molecule has 0 unspecified atom stereocenters. The molecule has 1 aliphatic rings. The van der Waals surface area contributed by atoms with Crippen molar-refractivity contribution in [3.05, 3.63) is 48.0 Å². The van der Waals surface area contributed by atoms with Crippen molar-refractivity contribution >= 4 is 29.1 Å². The van der Waals surface area contributed by atoms with Crippen LogP contribution in [0.5, 0.6) is 11.5 Å². The van der Waals surface area contributed by atoms with Crippen LogP contribution in [-0.2, 0) is 11.3 Å². The second-order valence-corrected chi connectivity index (χ2v) is 7.53. The summed E-state index contributed by atoms with van der Waals surface area (Å²) in [4.78, 5) is 23.9. The Balaban J connectivity index is 1.44. The first-order valence-electron chi connectivity index (χ1n) is 9.42. The van der Waals surface area contributed by atoms with E-state index in [9.17, 15) is 9.59 Å². The van der Waals surface area contributed by atoms with Gasteiger partial charge < -0.3 is 19.4 Å². The summed E-state index contributed by atoms with van der Waals surface area (Å²) in [7, 11) is 0. The van der Waals surface area contributed by atoms with Crippen molar-refractivity contribution in [2.24, 2.45) is 0 Å². The average Bonchev–Trinajstić information content (AvgIpc) is 3.38. The number of nitrogens with zero attached hydrogens (tertiary/aromatic N) is 3. The number of benzene rings is 2. The summed E-state index contributed by atoms with van der Waals surface area (Å²) in [6.07, 6.45) is 0. The van der Waals surface area contributed by atoms with Gasteiger partial charge in [0.15, 0.2) is 28.3 Å². The van der Waals surface area contributed by atoms with Crippen LogP contribution < -0.4 is 14.8 Å². The first kappa shape index (κ1) is 20.0. The summed E-state index contributed by atoms with van der Waals surface area (Å²) in [5.74, 6) is 2.03. The number of nitrogens with one attached hydrogen (secondary N) is 1. The van der Waals surface area contributed by atoms with Crippen LogP contribution in [0.25, 0.3) is 11.4 Å². The summed E-state index contributed by atoms with van der Waals surface area (Å²) in [6, 6.07) is 12.5. The molecule has 9 heteroatoms. The van der Waals surface area contributed by atoms with Crippen molar-refractivity contribution in [1.29, 1.82) is 0 Å². The number of anilines is 1. The molecule has 0 bridgehead atoms. The summed E-state index contributed by atoms with van der Waals surface area (Å²) in [6.45, 7) is 4.36. The van der Waals surface area contributed by atoms with Gasteiger partial charge in [-0.1, -0.05) is 23.9 Å². The van der Waals surface area contributed by atoms with Gasteiger partial charge in [-0.15, -0.1) is 10.2 Å². The Morgan fingerprint density at radius 3 is 2.77 bits per heavy atom. The van der Waals surface area contributed by atoms with Crippen molar-refractivity contribution < 1.29 is 19.1 Å². The Kier molecular flexibility index (Phi) is 5.71. The molecule has 0 aliphatic carbocycles. The molecular weight excluding hydrogens is 404 g/mol. The van der Waals surface area contributed by atoms with Crippen LogP contribution in [0.2, 0.25) is 0 Å². The molecular formula is C21H20N4O4S. The lowest BCUT2D eigenvalue weighted by Crippen LogP contribution is -2.15. The number of aromatic nitrogens is 3. The summed E-state index contributed by atoms with van der Waals surface area (Å²) in [5.41, 5.74) is 2.01. The number of fused-ring (bicyclic) bond motifs is 1. The van der Waals surface area contributed by atoms with Crippen LogP contribution >= 0.6 is 11.8 Å². The molecule has 0 spiro atoms. The zero-order valence-corrected chi connectivity index (χ0v) is 17.4. The predicted molar refractivity (Wildman–Crippen MR) is 113 cm³/mol. The second kappa shape index (κ2) is 8.58. The molecule has 0 radical (unpaired) electrons. The van der Waals surface area contributed by atoms with Crippen molar-refractivity contribution in [3.8, 4) is 22.9 Å². The van der Waals surface area contributed by atoms with Gasteiger partial charge in [0.05, 0.1) is 5.75 Å². The molecule has 1 aromatic heterocycles. The molecule has 0 saturated heterocycles. The maximum absolute atomic E-state index is 12.4. The molecule has 0 saturated carbocycles. The Bertz CT molecular complexity index is 1110. The van der Waals surface area contributed by atoms with Gasteiger partial charge in [-0.25, -0.2) is 0 Å². The smallest absolute Gasteiger partial charge is 0.234 e. The van der Waals surface area contributed by atoms with E-state index in [1.54, 1.807) is 24.3 Å². The predicted octanol–water partition coefficient (Wildman–Crippen LogP) is 3.63. The summed E-state index contributed by atoms with van der Waals surface area (Å²) < 4.78 is 12.7. The number of ketones is 1. The van der Waals surface area contributed by atoms with Gasteiger partial charge >= 0.3 is 0 Å². The minimum absolute atomic E-state index is 0.0485. The Labute approximate surface area is 177 Å². The fourth-order valence-corrected chi connectivity index (χ4v) is 3.88. The molecule has 30 heavy (non-hydrogen) atoms. The maximum atomic E-state index is 12.4. The molecule has 3 aromatic rings. The highest BCUT2D eigenvalue weighted by atomic mass is 32.2. The normalized spacial score (nSPS) is 12.1. The van der Waals surface area contributed by atoms with Gasteiger partial charge in [0.25, 0.3) is 0 Å². The van der Waals surface area contributed by atoms with Gasteiger partial charge in [-0.2, -0.15) is 0 Å². The van der Waals surface area contributed by atoms with E-state index in [2.05, 4.69) is 15.5 Å². The quantitative estimate of drug-likeness (QED) is 0.457. The number of rotatable bonds is 7. The van der Waals surface area contributed by atoms with Crippen molar-refractivity contribution in [1.82, 2.24) is 14.8 Å². The topological polar surface area (TPSA) is 95.3 Å². The molecule has 8 nitrogen and oxygen atoms in total. The molecule has 2 aromatic carbocycles. The third kappa shape index (κ3) is 4.16. The van der Waals surface area contributed by atoms with Crippen molar-refractivity contribution in [2.45, 2.75) is 25.5 Å². The van der Waals surface area contributed by atoms with Crippen LogP contribution in [0.1, 0.15) is 24.2 Å².